The van der Waals surface area contributed by atoms with Crippen molar-refractivity contribution in [3.63, 3.8) is 0 Å². The monoisotopic (exact) mass is 493 g/mol. The van der Waals surface area contributed by atoms with Gasteiger partial charge in [-0.1, -0.05) is 11.6 Å². The van der Waals surface area contributed by atoms with Gasteiger partial charge in [0.05, 0.1) is 34.8 Å². The van der Waals surface area contributed by atoms with Crippen LogP contribution in [-0.2, 0) is 24.6 Å². The first-order valence-corrected chi connectivity index (χ1v) is 13.6. The summed E-state index contributed by atoms with van der Waals surface area (Å²) >= 11 is 6.23. The molecule has 0 N–H and O–H groups in total. The molecule has 9 nitrogen and oxygen atoms in total. The third-order valence-electron chi connectivity index (χ3n) is 5.38. The first kappa shape index (κ1) is 24.4. The second kappa shape index (κ2) is 8.95. The molecule has 31 heavy (non-hydrogen) atoms. The predicted molar refractivity (Wildman–Crippen MR) is 117 cm³/mol. The molecule has 0 radical (unpaired) electrons. The highest BCUT2D eigenvalue weighted by atomic mass is 35.5. The van der Waals surface area contributed by atoms with E-state index in [0.717, 1.165) is 0 Å². The summed E-state index contributed by atoms with van der Waals surface area (Å²) in [5.74, 6) is -0.591. The van der Waals surface area contributed by atoms with Crippen molar-refractivity contribution in [2.45, 2.75) is 43.4 Å². The molecule has 12 heteroatoms. The summed E-state index contributed by atoms with van der Waals surface area (Å²) in [7, 11) is -3.87. The molecule has 1 amide bonds. The fourth-order valence-electron chi connectivity index (χ4n) is 4.07. The number of ether oxygens (including phenoxy) is 1. The molecule has 3 unspecified atom stereocenters. The molecular formula is C19H28ClN3O6S2. The normalized spacial score (nSPS) is 26.8. The minimum Gasteiger partial charge on any atom is -0.373 e. The third kappa shape index (κ3) is 5.23. The standard InChI is InChI=1S/C19H28ClN3O6S2/c1-13-10-22(11-14(2)29-13)31(27,28)18-9-15(5-6-17(18)20)19(24)23(21(3)4)16-7-8-30(25,26)12-16/h5-6,9,13-14,16H,7-8,10-12H2,1-4H3. The highest BCUT2D eigenvalue weighted by Crippen LogP contribution is 2.29. The quantitative estimate of drug-likeness (QED) is 0.568. The number of hydrogen-bond donors (Lipinski definition) is 0. The maximum atomic E-state index is 13.3. The van der Waals surface area contributed by atoms with Crippen molar-refractivity contribution in [2.75, 3.05) is 38.7 Å². The number of hydrogen-bond acceptors (Lipinski definition) is 7. The zero-order chi connectivity index (χ0) is 23.1. The van der Waals surface area contributed by atoms with Gasteiger partial charge in [0.1, 0.15) is 4.90 Å². The van der Waals surface area contributed by atoms with Crippen molar-refractivity contribution in [3.8, 4) is 0 Å². The topological polar surface area (TPSA) is 104 Å². The average Bonchev–Trinajstić information content (AvgIpc) is 3.00. The maximum Gasteiger partial charge on any atom is 0.268 e. The molecule has 0 bridgehead atoms. The minimum atomic E-state index is -3.96. The first-order chi connectivity index (χ1) is 14.3. The molecule has 2 saturated heterocycles. The maximum absolute atomic E-state index is 13.3. The van der Waals surface area contributed by atoms with E-state index in [4.69, 9.17) is 16.3 Å². The molecule has 0 saturated carbocycles. The number of hydrazine groups is 1. The van der Waals surface area contributed by atoms with Crippen LogP contribution in [0.3, 0.4) is 0 Å². The summed E-state index contributed by atoms with van der Waals surface area (Å²) in [6.07, 6.45) is -0.208. The molecule has 0 aromatic heterocycles. The number of nitrogens with zero attached hydrogens (tertiary/aromatic N) is 3. The van der Waals surface area contributed by atoms with Gasteiger partial charge in [0.25, 0.3) is 5.91 Å². The number of carbonyl (C=O) groups excluding carboxylic acids is 1. The van der Waals surface area contributed by atoms with Gasteiger partial charge in [0.2, 0.25) is 10.0 Å². The molecular weight excluding hydrogens is 466 g/mol. The van der Waals surface area contributed by atoms with E-state index in [1.807, 2.05) is 0 Å². The number of sulfone groups is 1. The van der Waals surface area contributed by atoms with E-state index in [9.17, 15) is 21.6 Å². The zero-order valence-corrected chi connectivity index (χ0v) is 20.4. The third-order valence-corrected chi connectivity index (χ3v) is 9.44. The number of rotatable bonds is 5. The number of benzene rings is 1. The molecule has 3 rings (SSSR count). The molecule has 0 aliphatic carbocycles. The van der Waals surface area contributed by atoms with E-state index >= 15 is 0 Å². The van der Waals surface area contributed by atoms with Crippen LogP contribution in [-0.4, -0.2) is 94.0 Å². The lowest BCUT2D eigenvalue weighted by Gasteiger charge is -2.35. The van der Waals surface area contributed by atoms with Crippen LogP contribution in [0.15, 0.2) is 23.1 Å². The Kier molecular flexibility index (Phi) is 7.05. The number of amides is 1. The smallest absolute Gasteiger partial charge is 0.268 e. The van der Waals surface area contributed by atoms with Gasteiger partial charge in [-0.3, -0.25) is 9.80 Å². The number of halogens is 1. The molecule has 2 aliphatic rings. The van der Waals surface area contributed by atoms with Gasteiger partial charge in [0, 0.05) is 32.7 Å². The fourth-order valence-corrected chi connectivity index (χ4v) is 7.86. The second-order valence-corrected chi connectivity index (χ2v) is 12.8. The van der Waals surface area contributed by atoms with Crippen LogP contribution in [0, 0.1) is 0 Å². The van der Waals surface area contributed by atoms with Crippen molar-refractivity contribution in [1.82, 2.24) is 14.3 Å². The summed E-state index contributed by atoms with van der Waals surface area (Å²) < 4.78 is 57.3. The van der Waals surface area contributed by atoms with Gasteiger partial charge >= 0.3 is 0 Å². The Morgan fingerprint density at radius 3 is 2.32 bits per heavy atom. The van der Waals surface area contributed by atoms with Crippen molar-refractivity contribution in [3.05, 3.63) is 28.8 Å². The van der Waals surface area contributed by atoms with Gasteiger partial charge in [-0.05, 0) is 38.5 Å². The van der Waals surface area contributed by atoms with E-state index in [1.54, 1.807) is 27.9 Å². The summed E-state index contributed by atoms with van der Waals surface area (Å²) in [5.41, 5.74) is 0.121. The van der Waals surface area contributed by atoms with Crippen LogP contribution in [0.4, 0.5) is 0 Å². The SMILES string of the molecule is CC1CN(S(=O)(=O)c2cc(C(=O)N(C3CCS(=O)(=O)C3)N(C)C)ccc2Cl)CC(C)O1. The molecule has 0 spiro atoms. The fraction of sp³-hybridized carbons (Fsp3) is 0.632. The minimum absolute atomic E-state index is 0.0168. The van der Waals surface area contributed by atoms with Crippen molar-refractivity contribution < 1.29 is 26.4 Å². The molecule has 2 heterocycles. The molecule has 1 aromatic rings. The summed E-state index contributed by atoms with van der Waals surface area (Å²) in [6, 6.07) is 3.59. The zero-order valence-electron chi connectivity index (χ0n) is 18.0. The van der Waals surface area contributed by atoms with Crippen LogP contribution >= 0.6 is 11.6 Å². The molecule has 3 atom stereocenters. The Labute approximate surface area is 188 Å². The largest absolute Gasteiger partial charge is 0.373 e. The van der Waals surface area contributed by atoms with Gasteiger partial charge in [-0.15, -0.1) is 0 Å². The predicted octanol–water partition coefficient (Wildman–Crippen LogP) is 1.24. The lowest BCUT2D eigenvalue weighted by atomic mass is 10.1. The van der Waals surface area contributed by atoms with Crippen LogP contribution in [0.1, 0.15) is 30.6 Å². The van der Waals surface area contributed by atoms with Crippen LogP contribution in [0.2, 0.25) is 5.02 Å². The Hall–Kier alpha value is -1.24. The van der Waals surface area contributed by atoms with E-state index in [1.165, 1.54) is 32.5 Å². The van der Waals surface area contributed by atoms with E-state index in [-0.39, 0.29) is 52.3 Å². The van der Waals surface area contributed by atoms with Crippen LogP contribution < -0.4 is 0 Å². The lowest BCUT2D eigenvalue weighted by Crippen LogP contribution is -2.49. The van der Waals surface area contributed by atoms with Crippen molar-refractivity contribution in [2.24, 2.45) is 0 Å². The average molecular weight is 494 g/mol. The summed E-state index contributed by atoms with van der Waals surface area (Å²) in [5, 5.41) is 2.91. The van der Waals surface area contributed by atoms with Crippen LogP contribution in [0.5, 0.6) is 0 Å². The summed E-state index contributed by atoms with van der Waals surface area (Å²) in [4.78, 5) is 13.1. The Bertz CT molecular complexity index is 1050. The Morgan fingerprint density at radius 2 is 1.81 bits per heavy atom. The molecule has 174 valence electrons. The highest BCUT2D eigenvalue weighted by molar-refractivity contribution is 7.91. The molecule has 1 aromatic carbocycles. The molecule has 2 fully saturated rings. The number of morpholine rings is 1. The second-order valence-electron chi connectivity index (χ2n) is 8.28. The van der Waals surface area contributed by atoms with Gasteiger partial charge in [0.15, 0.2) is 9.84 Å². The van der Waals surface area contributed by atoms with E-state index in [2.05, 4.69) is 0 Å². The van der Waals surface area contributed by atoms with Gasteiger partial charge in [-0.2, -0.15) is 4.31 Å². The van der Waals surface area contributed by atoms with Gasteiger partial charge < -0.3 is 4.74 Å². The number of sulfonamides is 1. The highest BCUT2D eigenvalue weighted by Gasteiger charge is 2.38. The van der Waals surface area contributed by atoms with Crippen LogP contribution in [0.25, 0.3) is 0 Å². The lowest BCUT2D eigenvalue weighted by molar-refractivity contribution is -0.0440. The number of carbonyl (C=O) groups is 1. The van der Waals surface area contributed by atoms with E-state index < -0.39 is 31.8 Å². The summed E-state index contributed by atoms with van der Waals surface area (Å²) in [6.45, 7) is 3.96. The van der Waals surface area contributed by atoms with Crippen molar-refractivity contribution >= 4 is 37.4 Å². The first-order valence-electron chi connectivity index (χ1n) is 9.98. The van der Waals surface area contributed by atoms with Gasteiger partial charge in [-0.25, -0.2) is 21.8 Å². The Balaban J connectivity index is 1.95. The van der Waals surface area contributed by atoms with E-state index in [0.29, 0.717) is 6.42 Å². The molecule has 2 aliphatic heterocycles. The van der Waals surface area contributed by atoms with Crippen molar-refractivity contribution in [1.29, 1.82) is 0 Å². The Morgan fingerprint density at radius 1 is 1.19 bits per heavy atom.